The number of hydrogen-bond acceptors (Lipinski definition) is 8. The summed E-state index contributed by atoms with van der Waals surface area (Å²) in [6.07, 6.45) is 0.648. The number of hydrogen-bond donors (Lipinski definition) is 1. The predicted octanol–water partition coefficient (Wildman–Crippen LogP) is 2.53. The van der Waals surface area contributed by atoms with Gasteiger partial charge in [-0.15, -0.1) is 0 Å². The van der Waals surface area contributed by atoms with E-state index in [9.17, 15) is 19.7 Å². The van der Waals surface area contributed by atoms with Crippen LogP contribution in [0.1, 0.15) is 22.3 Å². The number of ether oxygens (including phenoxy) is 4. The van der Waals surface area contributed by atoms with Crippen LogP contribution >= 0.6 is 0 Å². The highest BCUT2D eigenvalue weighted by atomic mass is 16.6. The Balaban J connectivity index is 1.92. The Hall–Kier alpha value is -3.82. The van der Waals surface area contributed by atoms with Crippen molar-refractivity contribution < 1.29 is 33.5 Å². The summed E-state index contributed by atoms with van der Waals surface area (Å²) >= 11 is 0. The van der Waals surface area contributed by atoms with Crippen LogP contribution in [0, 0.1) is 10.1 Å². The van der Waals surface area contributed by atoms with Crippen LogP contribution in [0.5, 0.6) is 17.2 Å². The van der Waals surface area contributed by atoms with Crippen LogP contribution in [-0.4, -0.2) is 51.3 Å². The number of methoxy groups -OCH3 is 3. The number of amides is 1. The Morgan fingerprint density at radius 3 is 2.39 bits per heavy atom. The van der Waals surface area contributed by atoms with E-state index in [1.54, 1.807) is 13.2 Å². The van der Waals surface area contributed by atoms with Gasteiger partial charge in [-0.1, -0.05) is 18.2 Å². The molecule has 0 fully saturated rings. The Morgan fingerprint density at radius 2 is 1.74 bits per heavy atom. The smallest absolute Gasteiger partial charge is 0.345 e. The Morgan fingerprint density at radius 1 is 1.03 bits per heavy atom. The molecule has 1 N–H and O–H groups in total. The van der Waals surface area contributed by atoms with Gasteiger partial charge in [-0.3, -0.25) is 14.9 Å². The molecule has 10 nitrogen and oxygen atoms in total. The quantitative estimate of drug-likeness (QED) is 0.248. The lowest BCUT2D eigenvalue weighted by molar-refractivity contribution is -0.385. The molecule has 0 aliphatic heterocycles. The molecule has 0 bridgehead atoms. The van der Waals surface area contributed by atoms with Crippen molar-refractivity contribution in [3.8, 4) is 17.2 Å². The summed E-state index contributed by atoms with van der Waals surface area (Å²) in [6, 6.07) is 9.59. The van der Waals surface area contributed by atoms with Crippen molar-refractivity contribution in [3.05, 3.63) is 57.6 Å². The summed E-state index contributed by atoms with van der Waals surface area (Å²) in [5.74, 6) is -0.103. The molecule has 0 aliphatic carbocycles. The van der Waals surface area contributed by atoms with Gasteiger partial charge in [0, 0.05) is 18.2 Å². The lowest BCUT2D eigenvalue weighted by Crippen LogP contribution is -2.27. The van der Waals surface area contributed by atoms with Crippen LogP contribution in [0.4, 0.5) is 5.69 Å². The van der Waals surface area contributed by atoms with Crippen molar-refractivity contribution in [1.29, 1.82) is 0 Å². The van der Waals surface area contributed by atoms with Crippen molar-refractivity contribution in [2.45, 2.75) is 12.8 Å². The van der Waals surface area contributed by atoms with Gasteiger partial charge in [0.15, 0.2) is 11.5 Å². The lowest BCUT2D eigenvalue weighted by Gasteiger charge is -2.13. The SMILES string of the molecule is COC(=O)c1cc(OCCCNC(=O)Cc2ccccc2OC)c(OC)cc1[N+](=O)[O-]. The molecule has 2 aromatic rings. The molecule has 0 heterocycles. The van der Waals surface area contributed by atoms with E-state index >= 15 is 0 Å². The Labute approximate surface area is 179 Å². The molecular weight excluding hydrogens is 408 g/mol. The van der Waals surface area contributed by atoms with Crippen molar-refractivity contribution >= 4 is 17.6 Å². The maximum atomic E-state index is 12.1. The van der Waals surface area contributed by atoms with E-state index in [1.807, 2.05) is 18.2 Å². The van der Waals surface area contributed by atoms with Gasteiger partial charge in [0.1, 0.15) is 11.3 Å². The summed E-state index contributed by atoms with van der Waals surface area (Å²) in [7, 11) is 4.01. The van der Waals surface area contributed by atoms with Gasteiger partial charge < -0.3 is 24.3 Å². The fourth-order valence-electron chi connectivity index (χ4n) is 2.81. The van der Waals surface area contributed by atoms with Crippen molar-refractivity contribution in [2.24, 2.45) is 0 Å². The largest absolute Gasteiger partial charge is 0.496 e. The first-order valence-electron chi connectivity index (χ1n) is 9.37. The van der Waals surface area contributed by atoms with Gasteiger partial charge >= 0.3 is 5.97 Å². The minimum Gasteiger partial charge on any atom is -0.496 e. The molecule has 0 atom stereocenters. The van der Waals surface area contributed by atoms with Crippen molar-refractivity contribution in [1.82, 2.24) is 5.32 Å². The number of rotatable bonds is 11. The Kier molecular flexibility index (Phi) is 8.62. The fraction of sp³-hybridized carbons (Fsp3) is 0.333. The zero-order valence-corrected chi connectivity index (χ0v) is 17.5. The van der Waals surface area contributed by atoms with Crippen LogP contribution in [0.2, 0.25) is 0 Å². The standard InChI is InChI=1S/C21H24N2O8/c1-28-17-8-5-4-7-14(17)11-20(24)22-9-6-10-31-19-12-15(21(25)30-3)16(23(26)27)13-18(19)29-2/h4-5,7-8,12-13H,6,9-11H2,1-3H3,(H,22,24). The number of carbonyl (C=O) groups excluding carboxylic acids is 2. The molecule has 2 rings (SSSR count). The second-order valence-electron chi connectivity index (χ2n) is 6.31. The molecule has 0 saturated carbocycles. The highest BCUT2D eigenvalue weighted by Gasteiger charge is 2.25. The monoisotopic (exact) mass is 432 g/mol. The maximum absolute atomic E-state index is 12.1. The van der Waals surface area contributed by atoms with E-state index in [0.29, 0.717) is 18.7 Å². The van der Waals surface area contributed by atoms with Gasteiger partial charge in [-0.05, 0) is 12.5 Å². The number of carbonyl (C=O) groups is 2. The highest BCUT2D eigenvalue weighted by Crippen LogP contribution is 2.35. The average molecular weight is 432 g/mol. The minimum absolute atomic E-state index is 0.111. The van der Waals surface area contributed by atoms with Gasteiger partial charge in [-0.25, -0.2) is 4.79 Å². The molecule has 10 heteroatoms. The molecule has 0 aliphatic rings. The maximum Gasteiger partial charge on any atom is 0.345 e. The Bertz CT molecular complexity index is 945. The van der Waals surface area contributed by atoms with Crippen LogP contribution < -0.4 is 19.5 Å². The molecule has 0 radical (unpaired) electrons. The molecule has 2 aromatic carbocycles. The normalized spacial score (nSPS) is 10.2. The van der Waals surface area contributed by atoms with Crippen molar-refractivity contribution in [2.75, 3.05) is 34.5 Å². The van der Waals surface area contributed by atoms with Crippen LogP contribution in [0.25, 0.3) is 0 Å². The zero-order valence-electron chi connectivity index (χ0n) is 17.5. The molecule has 1 amide bonds. The first-order valence-corrected chi connectivity index (χ1v) is 9.37. The second kappa shape index (κ2) is 11.4. The molecule has 0 unspecified atom stereocenters. The topological polar surface area (TPSA) is 126 Å². The van der Waals surface area contributed by atoms with Crippen LogP contribution in [0.15, 0.2) is 36.4 Å². The molecular formula is C21H24N2O8. The van der Waals surface area contributed by atoms with Crippen LogP contribution in [0.3, 0.4) is 0 Å². The number of nitro benzene ring substituents is 1. The van der Waals surface area contributed by atoms with E-state index in [-0.39, 0.29) is 36.0 Å². The molecule has 0 spiro atoms. The molecule has 166 valence electrons. The molecule has 31 heavy (non-hydrogen) atoms. The number of nitro groups is 1. The van der Waals surface area contributed by atoms with Crippen molar-refractivity contribution in [3.63, 3.8) is 0 Å². The van der Waals surface area contributed by atoms with E-state index in [2.05, 4.69) is 10.1 Å². The number of nitrogens with one attached hydrogen (secondary N) is 1. The first-order chi connectivity index (χ1) is 14.9. The van der Waals surface area contributed by atoms with E-state index in [0.717, 1.165) is 18.7 Å². The lowest BCUT2D eigenvalue weighted by atomic mass is 10.1. The van der Waals surface area contributed by atoms with Gasteiger partial charge in [0.05, 0.1) is 45.3 Å². The minimum atomic E-state index is -0.859. The average Bonchev–Trinajstić information content (AvgIpc) is 2.78. The number of nitrogens with zero attached hydrogens (tertiary/aromatic N) is 1. The van der Waals surface area contributed by atoms with E-state index in [4.69, 9.17) is 14.2 Å². The summed E-state index contributed by atoms with van der Waals surface area (Å²) < 4.78 is 20.6. The summed E-state index contributed by atoms with van der Waals surface area (Å²) in [5, 5.41) is 14.0. The third kappa shape index (κ3) is 6.33. The number of para-hydroxylation sites is 1. The predicted molar refractivity (Wildman–Crippen MR) is 111 cm³/mol. The summed E-state index contributed by atoms with van der Waals surface area (Å²) in [4.78, 5) is 34.5. The summed E-state index contributed by atoms with van der Waals surface area (Å²) in [6.45, 7) is 0.539. The number of esters is 1. The fourth-order valence-corrected chi connectivity index (χ4v) is 2.81. The van der Waals surface area contributed by atoms with Crippen LogP contribution in [-0.2, 0) is 16.0 Å². The van der Waals surface area contributed by atoms with E-state index < -0.39 is 16.6 Å². The van der Waals surface area contributed by atoms with Gasteiger partial charge in [0.25, 0.3) is 5.69 Å². The first kappa shape index (κ1) is 23.5. The molecule has 0 saturated heterocycles. The molecule has 0 aromatic heterocycles. The highest BCUT2D eigenvalue weighted by molar-refractivity contribution is 5.95. The zero-order chi connectivity index (χ0) is 22.8. The van der Waals surface area contributed by atoms with Gasteiger partial charge in [-0.2, -0.15) is 0 Å². The summed E-state index contributed by atoms with van der Waals surface area (Å²) in [5.41, 5.74) is 0.0952. The van der Waals surface area contributed by atoms with Gasteiger partial charge in [0.2, 0.25) is 5.91 Å². The third-order valence-electron chi connectivity index (χ3n) is 4.33. The second-order valence-corrected chi connectivity index (χ2v) is 6.31. The third-order valence-corrected chi connectivity index (χ3v) is 4.33. The van der Waals surface area contributed by atoms with E-state index in [1.165, 1.54) is 13.2 Å². The number of benzene rings is 2.